The highest BCUT2D eigenvalue weighted by molar-refractivity contribution is 9.09. The van der Waals surface area contributed by atoms with Crippen molar-refractivity contribution in [3.05, 3.63) is 12.2 Å². The van der Waals surface area contributed by atoms with Gasteiger partial charge in [0.1, 0.15) is 11.5 Å². The zero-order valence-corrected chi connectivity index (χ0v) is 21.9. The van der Waals surface area contributed by atoms with Crippen molar-refractivity contribution < 1.29 is 34.1 Å². The first-order valence-electron chi connectivity index (χ1n) is 12.4. The standard InChI is InChI=1S/C26H37BrO7/c1-14-16-11-17(29)21-25(13-33-15(2)28)9-6-8-24(3,4)18(25)12-19(30)26(21,22(14)32)23(16)34-20(31)7-5-10-27/h16-19,21,23,29-30H,1,5-13H2,2-4H3/t16-,17+,18-,19-,21+,23-,25+,26-/m1/s1. The minimum absolute atomic E-state index is 0.0707. The van der Waals surface area contributed by atoms with Crippen LogP contribution in [-0.4, -0.2) is 58.2 Å². The molecule has 0 aromatic carbocycles. The Bertz CT molecular complexity index is 884. The number of aliphatic hydroxyl groups is 2. The van der Waals surface area contributed by atoms with Crippen molar-refractivity contribution >= 4 is 33.7 Å². The lowest BCUT2D eigenvalue weighted by atomic mass is 9.39. The molecule has 4 aliphatic carbocycles. The Morgan fingerprint density at radius 3 is 2.56 bits per heavy atom. The third-order valence-electron chi connectivity index (χ3n) is 9.41. The molecule has 4 fully saturated rings. The zero-order valence-electron chi connectivity index (χ0n) is 20.3. The van der Waals surface area contributed by atoms with Gasteiger partial charge in [-0.1, -0.05) is 42.8 Å². The van der Waals surface area contributed by atoms with Crippen LogP contribution in [0.4, 0.5) is 0 Å². The molecule has 0 heterocycles. The fraction of sp³-hybridized carbons (Fsp3) is 0.808. The summed E-state index contributed by atoms with van der Waals surface area (Å²) in [6.45, 7) is 9.75. The number of esters is 2. The highest BCUT2D eigenvalue weighted by Crippen LogP contribution is 2.71. The smallest absolute Gasteiger partial charge is 0.306 e. The van der Waals surface area contributed by atoms with E-state index in [0.29, 0.717) is 30.2 Å². The highest BCUT2D eigenvalue weighted by atomic mass is 79.9. The lowest BCUT2D eigenvalue weighted by Gasteiger charge is -2.66. The summed E-state index contributed by atoms with van der Waals surface area (Å²) in [4.78, 5) is 38.6. The van der Waals surface area contributed by atoms with Crippen LogP contribution < -0.4 is 0 Å². The van der Waals surface area contributed by atoms with Gasteiger partial charge in [0.2, 0.25) is 0 Å². The van der Waals surface area contributed by atoms with E-state index in [-0.39, 0.29) is 36.6 Å². The SMILES string of the molecule is C=C1C(=O)[C@@]23[C@H](O)C[C@@H]4C(C)(C)CCC[C@@]4(COC(C)=O)[C@@H]2[C@@H](O)C[C@H]1[C@H]3OC(=O)CCCBr. The maximum Gasteiger partial charge on any atom is 0.306 e. The highest BCUT2D eigenvalue weighted by Gasteiger charge is 2.78. The van der Waals surface area contributed by atoms with E-state index in [0.717, 1.165) is 12.8 Å². The number of aliphatic hydroxyl groups excluding tert-OH is 2. The summed E-state index contributed by atoms with van der Waals surface area (Å²) >= 11 is 3.32. The molecule has 0 aromatic heterocycles. The molecular weight excluding hydrogens is 504 g/mol. The molecule has 0 radical (unpaired) electrons. The van der Waals surface area contributed by atoms with Gasteiger partial charge in [-0.05, 0) is 49.0 Å². The van der Waals surface area contributed by atoms with Gasteiger partial charge in [0.15, 0.2) is 5.78 Å². The van der Waals surface area contributed by atoms with E-state index >= 15 is 0 Å². The molecule has 0 saturated heterocycles. The Balaban J connectivity index is 1.86. The number of alkyl halides is 1. The first-order valence-corrected chi connectivity index (χ1v) is 13.5. The zero-order chi connectivity index (χ0) is 25.1. The number of hydrogen-bond acceptors (Lipinski definition) is 7. The molecule has 2 N–H and O–H groups in total. The van der Waals surface area contributed by atoms with Crippen LogP contribution in [0.5, 0.6) is 0 Å². The van der Waals surface area contributed by atoms with Crippen LogP contribution >= 0.6 is 15.9 Å². The average Bonchev–Trinajstić information content (AvgIpc) is 2.89. The fourth-order valence-electron chi connectivity index (χ4n) is 8.23. The molecule has 4 saturated carbocycles. The number of ether oxygens (including phenoxy) is 2. The van der Waals surface area contributed by atoms with Gasteiger partial charge in [-0.25, -0.2) is 0 Å². The lowest BCUT2D eigenvalue weighted by molar-refractivity contribution is -0.268. The second-order valence-corrected chi connectivity index (χ2v) is 12.3. The van der Waals surface area contributed by atoms with Crippen LogP contribution in [0.15, 0.2) is 12.2 Å². The van der Waals surface area contributed by atoms with Gasteiger partial charge in [0.25, 0.3) is 0 Å². The fourth-order valence-corrected chi connectivity index (χ4v) is 8.51. The predicted octanol–water partition coefficient (Wildman–Crippen LogP) is 3.34. The Labute approximate surface area is 209 Å². The molecule has 0 amide bonds. The molecule has 0 unspecified atom stereocenters. The predicted molar refractivity (Wildman–Crippen MR) is 128 cm³/mol. The molecule has 4 aliphatic rings. The number of halogens is 1. The number of carbonyl (C=O) groups excluding carboxylic acids is 3. The van der Waals surface area contributed by atoms with Gasteiger partial charge in [-0.15, -0.1) is 0 Å². The molecule has 190 valence electrons. The largest absolute Gasteiger partial charge is 0.465 e. The minimum atomic E-state index is -1.48. The maximum absolute atomic E-state index is 13.9. The number of hydrogen-bond donors (Lipinski definition) is 2. The molecule has 7 nitrogen and oxygen atoms in total. The number of fused-ring (bicyclic) bond motifs is 3. The van der Waals surface area contributed by atoms with E-state index in [1.165, 1.54) is 6.92 Å². The van der Waals surface area contributed by atoms with E-state index in [9.17, 15) is 24.6 Å². The normalized spacial score (nSPS) is 42.5. The van der Waals surface area contributed by atoms with Crippen molar-refractivity contribution in [3.63, 3.8) is 0 Å². The third-order valence-corrected chi connectivity index (χ3v) is 9.97. The second kappa shape index (κ2) is 9.00. The Morgan fingerprint density at radius 1 is 1.21 bits per heavy atom. The second-order valence-electron chi connectivity index (χ2n) is 11.5. The quantitative estimate of drug-likeness (QED) is 0.302. The van der Waals surface area contributed by atoms with Crippen LogP contribution in [0.3, 0.4) is 0 Å². The van der Waals surface area contributed by atoms with E-state index in [2.05, 4.69) is 36.4 Å². The summed E-state index contributed by atoms with van der Waals surface area (Å²) < 4.78 is 11.6. The Kier molecular flexibility index (Phi) is 6.84. The number of ketones is 1. The van der Waals surface area contributed by atoms with Gasteiger partial charge < -0.3 is 19.7 Å². The molecule has 0 aliphatic heterocycles. The van der Waals surface area contributed by atoms with Crippen molar-refractivity contribution in [1.29, 1.82) is 0 Å². The van der Waals surface area contributed by atoms with Crippen molar-refractivity contribution in [2.45, 2.75) is 84.0 Å². The topological polar surface area (TPSA) is 110 Å². The van der Waals surface area contributed by atoms with Gasteiger partial charge >= 0.3 is 11.9 Å². The number of Topliss-reactive ketones (excluding diaryl/α,β-unsaturated/α-hetero) is 1. The van der Waals surface area contributed by atoms with Crippen LogP contribution in [0.25, 0.3) is 0 Å². The molecule has 1 spiro atoms. The molecule has 0 aromatic rings. The van der Waals surface area contributed by atoms with Crippen LogP contribution in [0.2, 0.25) is 0 Å². The maximum atomic E-state index is 13.9. The lowest BCUT2D eigenvalue weighted by Crippen LogP contribution is -2.72. The van der Waals surface area contributed by atoms with Crippen LogP contribution in [0, 0.1) is 34.0 Å². The number of carbonyl (C=O) groups is 3. The van der Waals surface area contributed by atoms with Crippen molar-refractivity contribution in [1.82, 2.24) is 0 Å². The summed E-state index contributed by atoms with van der Waals surface area (Å²) in [5, 5.41) is 24.0. The summed E-state index contributed by atoms with van der Waals surface area (Å²) in [7, 11) is 0. The summed E-state index contributed by atoms with van der Waals surface area (Å²) in [6.07, 6.45) is 0.926. The summed E-state index contributed by atoms with van der Waals surface area (Å²) in [6, 6.07) is 0. The van der Waals surface area contributed by atoms with Crippen molar-refractivity contribution in [3.8, 4) is 0 Å². The summed E-state index contributed by atoms with van der Waals surface area (Å²) in [5.41, 5.74) is -2.06. The molecule has 8 heteroatoms. The van der Waals surface area contributed by atoms with Gasteiger partial charge in [-0.2, -0.15) is 0 Å². The van der Waals surface area contributed by atoms with Gasteiger partial charge in [0, 0.05) is 35.9 Å². The number of rotatable bonds is 6. The van der Waals surface area contributed by atoms with Crippen molar-refractivity contribution in [2.24, 2.45) is 34.0 Å². The molecular formula is C26H37BrO7. The first-order chi connectivity index (χ1) is 15.9. The third kappa shape index (κ3) is 3.62. The molecule has 4 rings (SSSR count). The van der Waals surface area contributed by atoms with Crippen LogP contribution in [0.1, 0.15) is 65.7 Å². The monoisotopic (exact) mass is 540 g/mol. The molecule has 34 heavy (non-hydrogen) atoms. The average molecular weight is 541 g/mol. The van der Waals surface area contributed by atoms with E-state index in [4.69, 9.17) is 9.47 Å². The van der Waals surface area contributed by atoms with E-state index in [1.54, 1.807) is 0 Å². The Hall–Kier alpha value is -1.25. The van der Waals surface area contributed by atoms with Gasteiger partial charge in [0.05, 0.1) is 18.8 Å². The van der Waals surface area contributed by atoms with Crippen molar-refractivity contribution in [2.75, 3.05) is 11.9 Å². The molecule has 2 bridgehead atoms. The Morgan fingerprint density at radius 2 is 1.91 bits per heavy atom. The van der Waals surface area contributed by atoms with Crippen LogP contribution in [-0.2, 0) is 23.9 Å². The first kappa shape index (κ1) is 25.8. The minimum Gasteiger partial charge on any atom is -0.465 e. The van der Waals surface area contributed by atoms with Gasteiger partial charge in [-0.3, -0.25) is 14.4 Å². The van der Waals surface area contributed by atoms with E-state index < -0.39 is 52.9 Å². The summed E-state index contributed by atoms with van der Waals surface area (Å²) in [5.74, 6) is -2.45. The van der Waals surface area contributed by atoms with E-state index in [1.807, 2.05) is 0 Å². The molecule has 8 atom stereocenters.